The molecular formula is C16H18FN. The van der Waals surface area contributed by atoms with Gasteiger partial charge in [-0.3, -0.25) is 0 Å². The van der Waals surface area contributed by atoms with Gasteiger partial charge in [0.2, 0.25) is 0 Å². The Morgan fingerprint density at radius 3 is 2.06 bits per heavy atom. The van der Waals surface area contributed by atoms with Crippen LogP contribution in [0.15, 0.2) is 24.3 Å². The normalized spacial score (nSPS) is 34.2. The Kier molecular flexibility index (Phi) is 2.66. The lowest BCUT2D eigenvalue weighted by molar-refractivity contribution is 0.0436. The van der Waals surface area contributed by atoms with E-state index in [1.54, 1.807) is 12.1 Å². The minimum atomic E-state index is -0.152. The van der Waals surface area contributed by atoms with Crippen LogP contribution < -0.4 is 0 Å². The second-order valence-electron chi connectivity index (χ2n) is 6.12. The van der Waals surface area contributed by atoms with Crippen molar-refractivity contribution in [3.05, 3.63) is 35.6 Å². The summed E-state index contributed by atoms with van der Waals surface area (Å²) in [6.07, 6.45) is 7.71. The number of hydrogen-bond donors (Lipinski definition) is 0. The van der Waals surface area contributed by atoms with Gasteiger partial charge in [0.05, 0.1) is 6.07 Å². The third-order valence-electron chi connectivity index (χ3n) is 5.31. The fourth-order valence-corrected chi connectivity index (χ4v) is 3.93. The van der Waals surface area contributed by atoms with E-state index in [4.69, 9.17) is 5.26 Å². The molecule has 1 nitrogen and oxygen atoms in total. The van der Waals surface area contributed by atoms with Gasteiger partial charge in [-0.25, -0.2) is 4.39 Å². The minimum absolute atomic E-state index is 0.152. The number of nitriles is 1. The molecule has 1 aromatic rings. The molecule has 0 N–H and O–H groups in total. The van der Waals surface area contributed by atoms with Crippen molar-refractivity contribution in [2.45, 2.75) is 50.4 Å². The highest BCUT2D eigenvalue weighted by atomic mass is 19.1. The van der Waals surface area contributed by atoms with Crippen LogP contribution in [0.2, 0.25) is 0 Å². The summed E-state index contributed by atoms with van der Waals surface area (Å²) in [5.74, 6) is -0.152. The first kappa shape index (κ1) is 11.7. The number of rotatable bonds is 2. The maximum absolute atomic E-state index is 13.0. The predicted octanol–water partition coefficient (Wildman–Crippen LogP) is 4.33. The molecular weight excluding hydrogens is 225 g/mol. The molecule has 3 aliphatic carbocycles. The van der Waals surface area contributed by atoms with Crippen molar-refractivity contribution in [2.75, 3.05) is 0 Å². The molecule has 4 rings (SSSR count). The number of hydrogen-bond acceptors (Lipinski definition) is 1. The molecule has 3 saturated carbocycles. The summed E-state index contributed by atoms with van der Waals surface area (Å²) in [5, 5.41) is 8.95. The Bertz CT molecular complexity index is 458. The number of benzene rings is 1. The van der Waals surface area contributed by atoms with Crippen LogP contribution in [0.3, 0.4) is 0 Å². The molecule has 0 saturated heterocycles. The first-order chi connectivity index (χ1) is 8.68. The molecule has 3 aliphatic rings. The summed E-state index contributed by atoms with van der Waals surface area (Å²) < 4.78 is 13.0. The molecule has 0 aliphatic heterocycles. The SMILES string of the molecule is N#CCC12CCC(c3ccc(F)cc3)(CC1)CC2. The second-order valence-corrected chi connectivity index (χ2v) is 6.12. The van der Waals surface area contributed by atoms with E-state index in [0.717, 1.165) is 19.3 Å². The van der Waals surface area contributed by atoms with Crippen LogP contribution in [-0.2, 0) is 5.41 Å². The molecule has 3 fully saturated rings. The zero-order valence-electron chi connectivity index (χ0n) is 10.6. The zero-order chi connectivity index (χ0) is 12.6. The Morgan fingerprint density at radius 2 is 1.56 bits per heavy atom. The quantitative estimate of drug-likeness (QED) is 0.758. The molecule has 0 radical (unpaired) electrons. The lowest BCUT2D eigenvalue weighted by Gasteiger charge is -2.53. The number of fused-ring (bicyclic) bond motifs is 3. The van der Waals surface area contributed by atoms with Crippen molar-refractivity contribution in [1.82, 2.24) is 0 Å². The highest BCUT2D eigenvalue weighted by molar-refractivity contribution is 5.29. The van der Waals surface area contributed by atoms with Gasteiger partial charge in [-0.05, 0) is 67.1 Å². The summed E-state index contributed by atoms with van der Waals surface area (Å²) in [6.45, 7) is 0. The van der Waals surface area contributed by atoms with Gasteiger partial charge < -0.3 is 0 Å². The van der Waals surface area contributed by atoms with Gasteiger partial charge in [0.15, 0.2) is 0 Å². The van der Waals surface area contributed by atoms with Crippen LogP contribution in [0.25, 0.3) is 0 Å². The maximum atomic E-state index is 13.0. The predicted molar refractivity (Wildman–Crippen MR) is 68.4 cm³/mol. The van der Waals surface area contributed by atoms with Gasteiger partial charge >= 0.3 is 0 Å². The van der Waals surface area contributed by atoms with Crippen LogP contribution in [0.1, 0.15) is 50.5 Å². The van der Waals surface area contributed by atoms with E-state index in [1.165, 1.54) is 24.8 Å². The summed E-state index contributed by atoms with van der Waals surface area (Å²) in [5.41, 5.74) is 1.87. The Morgan fingerprint density at radius 1 is 1.00 bits per heavy atom. The molecule has 0 spiro atoms. The molecule has 0 aromatic heterocycles. The van der Waals surface area contributed by atoms with Crippen molar-refractivity contribution in [1.29, 1.82) is 5.26 Å². The first-order valence-electron chi connectivity index (χ1n) is 6.81. The van der Waals surface area contributed by atoms with Crippen LogP contribution >= 0.6 is 0 Å². The van der Waals surface area contributed by atoms with Gasteiger partial charge in [0, 0.05) is 6.42 Å². The van der Waals surface area contributed by atoms with E-state index in [0.29, 0.717) is 11.8 Å². The van der Waals surface area contributed by atoms with Crippen molar-refractivity contribution in [3.8, 4) is 6.07 Å². The molecule has 0 heterocycles. The number of halogens is 1. The Labute approximate surface area is 108 Å². The lowest BCUT2D eigenvalue weighted by atomic mass is 9.51. The van der Waals surface area contributed by atoms with E-state index in [-0.39, 0.29) is 11.2 Å². The molecule has 2 heteroatoms. The van der Waals surface area contributed by atoms with Crippen molar-refractivity contribution < 1.29 is 4.39 Å². The van der Waals surface area contributed by atoms with Gasteiger partial charge in [-0.15, -0.1) is 0 Å². The maximum Gasteiger partial charge on any atom is 0.123 e. The van der Waals surface area contributed by atoms with Crippen LogP contribution in [-0.4, -0.2) is 0 Å². The van der Waals surface area contributed by atoms with Crippen molar-refractivity contribution in [2.24, 2.45) is 5.41 Å². The zero-order valence-corrected chi connectivity index (χ0v) is 10.6. The van der Waals surface area contributed by atoms with E-state index in [1.807, 2.05) is 12.1 Å². The topological polar surface area (TPSA) is 23.8 Å². The van der Waals surface area contributed by atoms with Crippen LogP contribution in [0.4, 0.5) is 4.39 Å². The van der Waals surface area contributed by atoms with Gasteiger partial charge in [0.1, 0.15) is 5.82 Å². The first-order valence-corrected chi connectivity index (χ1v) is 6.81. The lowest BCUT2D eigenvalue weighted by Crippen LogP contribution is -2.43. The highest BCUT2D eigenvalue weighted by Gasteiger charge is 2.48. The third kappa shape index (κ3) is 1.73. The van der Waals surface area contributed by atoms with Crippen molar-refractivity contribution >= 4 is 0 Å². The van der Waals surface area contributed by atoms with Gasteiger partial charge in [-0.2, -0.15) is 5.26 Å². The monoisotopic (exact) mass is 243 g/mol. The van der Waals surface area contributed by atoms with Crippen molar-refractivity contribution in [3.63, 3.8) is 0 Å². The Hall–Kier alpha value is -1.36. The Balaban J connectivity index is 1.84. The molecule has 0 unspecified atom stereocenters. The summed E-state index contributed by atoms with van der Waals surface area (Å²) >= 11 is 0. The molecule has 94 valence electrons. The fraction of sp³-hybridized carbons (Fsp3) is 0.562. The van der Waals surface area contributed by atoms with Crippen LogP contribution in [0.5, 0.6) is 0 Å². The van der Waals surface area contributed by atoms with Crippen LogP contribution in [0, 0.1) is 22.6 Å². The summed E-state index contributed by atoms with van der Waals surface area (Å²) in [4.78, 5) is 0. The molecule has 0 amide bonds. The smallest absolute Gasteiger partial charge is 0.123 e. The summed E-state index contributed by atoms with van der Waals surface area (Å²) in [7, 11) is 0. The largest absolute Gasteiger partial charge is 0.207 e. The highest BCUT2D eigenvalue weighted by Crippen LogP contribution is 2.58. The minimum Gasteiger partial charge on any atom is -0.207 e. The molecule has 2 bridgehead atoms. The van der Waals surface area contributed by atoms with E-state index >= 15 is 0 Å². The molecule has 0 atom stereocenters. The average Bonchev–Trinajstić information content (AvgIpc) is 2.42. The molecule has 1 aromatic carbocycles. The molecule has 18 heavy (non-hydrogen) atoms. The van der Waals surface area contributed by atoms with E-state index < -0.39 is 0 Å². The fourth-order valence-electron chi connectivity index (χ4n) is 3.93. The average molecular weight is 243 g/mol. The van der Waals surface area contributed by atoms with Gasteiger partial charge in [0.25, 0.3) is 0 Å². The third-order valence-corrected chi connectivity index (χ3v) is 5.31. The van der Waals surface area contributed by atoms with Gasteiger partial charge in [-0.1, -0.05) is 12.1 Å². The van der Waals surface area contributed by atoms with E-state index in [9.17, 15) is 4.39 Å². The number of nitrogens with zero attached hydrogens (tertiary/aromatic N) is 1. The summed E-state index contributed by atoms with van der Waals surface area (Å²) in [6, 6.07) is 9.43. The van der Waals surface area contributed by atoms with E-state index in [2.05, 4.69) is 6.07 Å². The standard InChI is InChI=1S/C16H18FN/c17-14-3-1-13(2-4-14)16-8-5-15(6-9-16,7-10-16)11-12-18/h1-4H,5-11H2. The second kappa shape index (κ2) is 4.09.